The number of aromatic nitrogens is 1. The molecule has 0 radical (unpaired) electrons. The molecule has 1 aromatic heterocycles. The summed E-state index contributed by atoms with van der Waals surface area (Å²) in [6.07, 6.45) is 5.69. The topological polar surface area (TPSA) is 24.9 Å². The van der Waals surface area contributed by atoms with E-state index >= 15 is 0 Å². The largest absolute Gasteiger partial charge is 0.316 e. The van der Waals surface area contributed by atoms with Gasteiger partial charge in [0.2, 0.25) is 0 Å². The third-order valence-corrected chi connectivity index (χ3v) is 3.67. The molecule has 1 aliphatic heterocycles. The van der Waals surface area contributed by atoms with Gasteiger partial charge < -0.3 is 5.32 Å². The molecule has 1 aliphatic rings. The zero-order chi connectivity index (χ0) is 11.5. The van der Waals surface area contributed by atoms with E-state index in [2.05, 4.69) is 34.6 Å². The molecule has 88 valence electrons. The average molecular weight is 226 g/mol. The van der Waals surface area contributed by atoms with E-state index in [4.69, 9.17) is 0 Å². The van der Waals surface area contributed by atoms with Crippen LogP contribution < -0.4 is 5.32 Å². The van der Waals surface area contributed by atoms with Gasteiger partial charge >= 0.3 is 0 Å². The molecule has 1 aromatic carbocycles. The van der Waals surface area contributed by atoms with Gasteiger partial charge in [-0.25, -0.2) is 0 Å². The Morgan fingerprint density at radius 1 is 1.29 bits per heavy atom. The molecule has 1 atom stereocenters. The molecule has 2 heterocycles. The van der Waals surface area contributed by atoms with Crippen molar-refractivity contribution in [3.63, 3.8) is 0 Å². The smallest absolute Gasteiger partial charge is 0.0702 e. The molecule has 17 heavy (non-hydrogen) atoms. The van der Waals surface area contributed by atoms with Crippen molar-refractivity contribution in [1.82, 2.24) is 10.3 Å². The van der Waals surface area contributed by atoms with Crippen LogP contribution in [-0.2, 0) is 6.42 Å². The van der Waals surface area contributed by atoms with Crippen LogP contribution in [0.15, 0.2) is 36.5 Å². The SMILES string of the molecule is c1cnc2ccc(CCC3CCNC3)cc2c1. The highest BCUT2D eigenvalue weighted by Gasteiger charge is 2.13. The van der Waals surface area contributed by atoms with Crippen LogP contribution in [0.3, 0.4) is 0 Å². The monoisotopic (exact) mass is 226 g/mol. The Kier molecular flexibility index (Phi) is 3.06. The first-order valence-corrected chi connectivity index (χ1v) is 6.46. The number of hydrogen-bond donors (Lipinski definition) is 1. The van der Waals surface area contributed by atoms with Crippen molar-refractivity contribution in [2.75, 3.05) is 13.1 Å². The molecule has 2 nitrogen and oxygen atoms in total. The Hall–Kier alpha value is -1.41. The molecule has 2 heteroatoms. The fraction of sp³-hybridized carbons (Fsp3) is 0.400. The van der Waals surface area contributed by atoms with Crippen molar-refractivity contribution >= 4 is 10.9 Å². The second-order valence-corrected chi connectivity index (χ2v) is 4.93. The minimum atomic E-state index is 0.875. The quantitative estimate of drug-likeness (QED) is 0.870. The zero-order valence-corrected chi connectivity index (χ0v) is 10.0. The lowest BCUT2D eigenvalue weighted by atomic mass is 9.98. The van der Waals surface area contributed by atoms with Crippen LogP contribution in [0.25, 0.3) is 10.9 Å². The van der Waals surface area contributed by atoms with Crippen molar-refractivity contribution in [2.45, 2.75) is 19.3 Å². The molecule has 1 N–H and O–H groups in total. The fourth-order valence-electron chi connectivity index (χ4n) is 2.61. The third-order valence-electron chi connectivity index (χ3n) is 3.67. The molecule has 1 fully saturated rings. The lowest BCUT2D eigenvalue weighted by molar-refractivity contribution is 0.533. The van der Waals surface area contributed by atoms with Gasteiger partial charge in [-0.15, -0.1) is 0 Å². The van der Waals surface area contributed by atoms with E-state index in [-0.39, 0.29) is 0 Å². The highest BCUT2D eigenvalue weighted by Crippen LogP contribution is 2.18. The summed E-state index contributed by atoms with van der Waals surface area (Å²) < 4.78 is 0. The lowest BCUT2D eigenvalue weighted by Gasteiger charge is -2.08. The van der Waals surface area contributed by atoms with E-state index in [9.17, 15) is 0 Å². The standard InChI is InChI=1S/C15H18N2/c1-2-14-10-12(5-6-15(14)17-8-1)3-4-13-7-9-16-11-13/h1-2,5-6,8,10,13,16H,3-4,7,9,11H2. The van der Waals surface area contributed by atoms with Crippen LogP contribution >= 0.6 is 0 Å². The van der Waals surface area contributed by atoms with E-state index in [0.717, 1.165) is 11.4 Å². The van der Waals surface area contributed by atoms with Crippen LogP contribution in [0.5, 0.6) is 0 Å². The molecular formula is C15H18N2. The summed E-state index contributed by atoms with van der Waals surface area (Å²) in [5.41, 5.74) is 2.54. The second kappa shape index (κ2) is 4.84. The molecule has 0 bridgehead atoms. The summed E-state index contributed by atoms with van der Waals surface area (Å²) >= 11 is 0. The molecule has 0 amide bonds. The van der Waals surface area contributed by atoms with E-state index in [1.807, 2.05) is 12.3 Å². The van der Waals surface area contributed by atoms with Gasteiger partial charge in [0.1, 0.15) is 0 Å². The Morgan fingerprint density at radius 3 is 3.18 bits per heavy atom. The van der Waals surface area contributed by atoms with Crippen LogP contribution in [0.1, 0.15) is 18.4 Å². The number of nitrogens with zero attached hydrogens (tertiary/aromatic N) is 1. The van der Waals surface area contributed by atoms with E-state index in [1.54, 1.807) is 0 Å². The first kappa shape index (κ1) is 10.7. The number of nitrogens with one attached hydrogen (secondary N) is 1. The fourth-order valence-corrected chi connectivity index (χ4v) is 2.61. The van der Waals surface area contributed by atoms with Crippen LogP contribution in [0, 0.1) is 5.92 Å². The van der Waals surface area contributed by atoms with Gasteiger partial charge in [-0.1, -0.05) is 12.1 Å². The molecule has 3 rings (SSSR count). The van der Waals surface area contributed by atoms with Gasteiger partial charge in [0.15, 0.2) is 0 Å². The van der Waals surface area contributed by atoms with E-state index in [1.165, 1.54) is 43.3 Å². The van der Waals surface area contributed by atoms with Gasteiger partial charge in [0, 0.05) is 11.6 Å². The van der Waals surface area contributed by atoms with Gasteiger partial charge in [-0.05, 0) is 62.0 Å². The van der Waals surface area contributed by atoms with Crippen molar-refractivity contribution in [2.24, 2.45) is 5.92 Å². The number of aryl methyl sites for hydroxylation is 1. The summed E-state index contributed by atoms with van der Waals surface area (Å²) in [5.74, 6) is 0.875. The number of benzene rings is 1. The van der Waals surface area contributed by atoms with Crippen molar-refractivity contribution in [3.05, 3.63) is 42.1 Å². The molecule has 1 saturated heterocycles. The van der Waals surface area contributed by atoms with E-state index < -0.39 is 0 Å². The highest BCUT2D eigenvalue weighted by molar-refractivity contribution is 5.78. The first-order chi connectivity index (χ1) is 8.42. The normalized spacial score (nSPS) is 19.9. The molecule has 0 spiro atoms. The van der Waals surface area contributed by atoms with Gasteiger partial charge in [0.25, 0.3) is 0 Å². The Bertz CT molecular complexity index is 501. The molecule has 2 aromatic rings. The number of pyridine rings is 1. The lowest BCUT2D eigenvalue weighted by Crippen LogP contribution is -2.09. The summed E-state index contributed by atoms with van der Waals surface area (Å²) in [5, 5.41) is 4.69. The summed E-state index contributed by atoms with van der Waals surface area (Å²) in [4.78, 5) is 4.35. The maximum absolute atomic E-state index is 4.35. The number of rotatable bonds is 3. The molecule has 0 aliphatic carbocycles. The predicted octanol–water partition coefficient (Wildman–Crippen LogP) is 2.78. The number of hydrogen-bond acceptors (Lipinski definition) is 2. The highest BCUT2D eigenvalue weighted by atomic mass is 14.9. The maximum Gasteiger partial charge on any atom is 0.0702 e. The van der Waals surface area contributed by atoms with Crippen LogP contribution in [-0.4, -0.2) is 18.1 Å². The molecule has 1 unspecified atom stereocenters. The Morgan fingerprint density at radius 2 is 2.29 bits per heavy atom. The number of fused-ring (bicyclic) bond motifs is 1. The van der Waals surface area contributed by atoms with Crippen LogP contribution in [0.4, 0.5) is 0 Å². The Labute approximate surface area is 102 Å². The first-order valence-electron chi connectivity index (χ1n) is 6.46. The second-order valence-electron chi connectivity index (χ2n) is 4.93. The third kappa shape index (κ3) is 2.47. The van der Waals surface area contributed by atoms with Gasteiger partial charge in [-0.2, -0.15) is 0 Å². The Balaban J connectivity index is 1.72. The van der Waals surface area contributed by atoms with Crippen molar-refractivity contribution < 1.29 is 0 Å². The maximum atomic E-state index is 4.35. The van der Waals surface area contributed by atoms with Crippen molar-refractivity contribution in [3.8, 4) is 0 Å². The van der Waals surface area contributed by atoms with Gasteiger partial charge in [-0.3, -0.25) is 4.98 Å². The minimum absolute atomic E-state index is 0.875. The molecular weight excluding hydrogens is 208 g/mol. The summed E-state index contributed by atoms with van der Waals surface area (Å²) in [6, 6.07) is 10.8. The van der Waals surface area contributed by atoms with Crippen molar-refractivity contribution in [1.29, 1.82) is 0 Å². The predicted molar refractivity (Wildman–Crippen MR) is 71.0 cm³/mol. The van der Waals surface area contributed by atoms with Crippen LogP contribution in [0.2, 0.25) is 0 Å². The summed E-state index contributed by atoms with van der Waals surface area (Å²) in [6.45, 7) is 2.40. The average Bonchev–Trinajstić information content (AvgIpc) is 2.89. The zero-order valence-electron chi connectivity index (χ0n) is 10.0. The van der Waals surface area contributed by atoms with E-state index in [0.29, 0.717) is 0 Å². The minimum Gasteiger partial charge on any atom is -0.316 e. The molecule has 0 saturated carbocycles. The van der Waals surface area contributed by atoms with Gasteiger partial charge in [0.05, 0.1) is 5.52 Å². The summed E-state index contributed by atoms with van der Waals surface area (Å²) in [7, 11) is 0.